The van der Waals surface area contributed by atoms with Gasteiger partial charge in [-0.25, -0.2) is 0 Å². The lowest BCUT2D eigenvalue weighted by Crippen LogP contribution is -1.69. The van der Waals surface area contributed by atoms with E-state index < -0.39 is 0 Å². The van der Waals surface area contributed by atoms with Gasteiger partial charge in [-0.3, -0.25) is 4.79 Å². The number of aldehydes is 1. The number of unbranched alkanes of at least 4 members (excludes halogenated alkanes) is 2. The van der Waals surface area contributed by atoms with E-state index in [4.69, 9.17) is 0 Å². The first-order valence-electron chi connectivity index (χ1n) is 3.41. The van der Waals surface area contributed by atoms with Crippen LogP contribution in [0.2, 0.25) is 0 Å². The summed E-state index contributed by atoms with van der Waals surface area (Å²) in [5.74, 6) is 5.77. The molecule has 0 aromatic carbocycles. The molecule has 0 radical (unpaired) electrons. The van der Waals surface area contributed by atoms with Crippen LogP contribution in [-0.2, 0) is 4.79 Å². The zero-order valence-corrected chi connectivity index (χ0v) is 6.26. The van der Waals surface area contributed by atoms with Crippen LogP contribution in [0.25, 0.3) is 0 Å². The van der Waals surface area contributed by atoms with Gasteiger partial charge in [-0.1, -0.05) is 6.08 Å². The fourth-order valence-corrected chi connectivity index (χ4v) is 0.585. The molecule has 0 fully saturated rings. The standard InChI is InChI=1S/C9H12O/c1-2-3-4-5-6-7-8-9-10/h7-9H,4-6H2,1H3/b8-7+. The van der Waals surface area contributed by atoms with E-state index in [-0.39, 0.29) is 0 Å². The molecular formula is C9H12O. The summed E-state index contributed by atoms with van der Waals surface area (Å²) in [6.07, 6.45) is 7.12. The first-order chi connectivity index (χ1) is 4.91. The summed E-state index contributed by atoms with van der Waals surface area (Å²) in [7, 11) is 0. The molecule has 0 aromatic rings. The van der Waals surface area contributed by atoms with Crippen LogP contribution >= 0.6 is 0 Å². The van der Waals surface area contributed by atoms with Gasteiger partial charge in [0.05, 0.1) is 0 Å². The first kappa shape index (κ1) is 8.97. The van der Waals surface area contributed by atoms with Crippen molar-refractivity contribution in [2.24, 2.45) is 0 Å². The van der Waals surface area contributed by atoms with Gasteiger partial charge < -0.3 is 0 Å². The highest BCUT2D eigenvalue weighted by Crippen LogP contribution is 1.93. The Morgan fingerprint density at radius 1 is 1.50 bits per heavy atom. The third kappa shape index (κ3) is 6.97. The molecule has 1 nitrogen and oxygen atoms in total. The van der Waals surface area contributed by atoms with Gasteiger partial charge in [0.2, 0.25) is 0 Å². The van der Waals surface area contributed by atoms with Crippen molar-refractivity contribution in [3.8, 4) is 11.8 Å². The number of carbonyl (C=O) groups excluding carboxylic acids is 1. The lowest BCUT2D eigenvalue weighted by molar-refractivity contribution is -0.104. The van der Waals surface area contributed by atoms with Gasteiger partial charge in [-0.05, 0) is 25.8 Å². The van der Waals surface area contributed by atoms with Crippen LogP contribution < -0.4 is 0 Å². The van der Waals surface area contributed by atoms with E-state index in [1.165, 1.54) is 6.08 Å². The topological polar surface area (TPSA) is 17.1 Å². The molecule has 0 heterocycles. The summed E-state index contributed by atoms with van der Waals surface area (Å²) in [6.45, 7) is 1.83. The number of allylic oxidation sites excluding steroid dienone is 2. The summed E-state index contributed by atoms with van der Waals surface area (Å²) in [4.78, 5) is 9.78. The van der Waals surface area contributed by atoms with E-state index in [1.807, 2.05) is 13.0 Å². The average Bonchev–Trinajstić information content (AvgIpc) is 1.97. The molecule has 0 unspecified atom stereocenters. The maximum absolute atomic E-state index is 9.78. The fourth-order valence-electron chi connectivity index (χ4n) is 0.585. The van der Waals surface area contributed by atoms with Crippen LogP contribution in [0.3, 0.4) is 0 Å². The van der Waals surface area contributed by atoms with Crippen LogP contribution in [0, 0.1) is 11.8 Å². The third-order valence-corrected chi connectivity index (χ3v) is 1.06. The summed E-state index contributed by atoms with van der Waals surface area (Å²) in [6, 6.07) is 0. The van der Waals surface area contributed by atoms with Gasteiger partial charge in [0.15, 0.2) is 0 Å². The first-order valence-corrected chi connectivity index (χ1v) is 3.41. The van der Waals surface area contributed by atoms with Crippen LogP contribution in [0.1, 0.15) is 26.2 Å². The van der Waals surface area contributed by atoms with E-state index in [0.29, 0.717) is 0 Å². The van der Waals surface area contributed by atoms with Crippen molar-refractivity contribution >= 4 is 6.29 Å². The van der Waals surface area contributed by atoms with Crippen molar-refractivity contribution in [1.82, 2.24) is 0 Å². The second-order valence-electron chi connectivity index (χ2n) is 1.88. The predicted octanol–water partition coefficient (Wildman–Crippen LogP) is 1.94. The molecule has 0 saturated carbocycles. The van der Waals surface area contributed by atoms with Gasteiger partial charge in [-0.2, -0.15) is 0 Å². The molecule has 54 valence electrons. The monoisotopic (exact) mass is 136 g/mol. The van der Waals surface area contributed by atoms with E-state index >= 15 is 0 Å². The molecule has 0 aromatic heterocycles. The Morgan fingerprint density at radius 3 is 2.90 bits per heavy atom. The van der Waals surface area contributed by atoms with E-state index in [9.17, 15) is 4.79 Å². The van der Waals surface area contributed by atoms with Crippen LogP contribution in [-0.4, -0.2) is 6.29 Å². The summed E-state index contributed by atoms with van der Waals surface area (Å²) < 4.78 is 0. The van der Waals surface area contributed by atoms with Crippen LogP contribution in [0.15, 0.2) is 12.2 Å². The number of rotatable bonds is 4. The van der Waals surface area contributed by atoms with Gasteiger partial charge >= 0.3 is 0 Å². The highest BCUT2D eigenvalue weighted by molar-refractivity contribution is 5.64. The second-order valence-corrected chi connectivity index (χ2v) is 1.88. The predicted molar refractivity (Wildman–Crippen MR) is 42.5 cm³/mol. The van der Waals surface area contributed by atoms with Crippen molar-refractivity contribution in [2.45, 2.75) is 26.2 Å². The molecule has 0 amide bonds. The molecule has 0 atom stereocenters. The number of hydrogen-bond acceptors (Lipinski definition) is 1. The lowest BCUT2D eigenvalue weighted by Gasteiger charge is -1.84. The Labute approximate surface area is 62.1 Å². The maximum atomic E-state index is 9.78. The van der Waals surface area contributed by atoms with Crippen molar-refractivity contribution in [1.29, 1.82) is 0 Å². The van der Waals surface area contributed by atoms with Crippen molar-refractivity contribution < 1.29 is 4.79 Å². The van der Waals surface area contributed by atoms with Gasteiger partial charge in [-0.15, -0.1) is 11.8 Å². The summed E-state index contributed by atoms with van der Waals surface area (Å²) in [5, 5.41) is 0. The molecular weight excluding hydrogens is 124 g/mol. The minimum atomic E-state index is 0.797. The molecule has 0 aliphatic rings. The Hall–Kier alpha value is -1.03. The van der Waals surface area contributed by atoms with Gasteiger partial charge in [0, 0.05) is 6.42 Å². The molecule has 0 rings (SSSR count). The number of carbonyl (C=O) groups is 1. The normalized spacial score (nSPS) is 8.90. The number of hydrogen-bond donors (Lipinski definition) is 0. The zero-order valence-electron chi connectivity index (χ0n) is 6.26. The molecule has 0 spiro atoms. The molecule has 0 aliphatic carbocycles. The van der Waals surface area contributed by atoms with E-state index in [0.717, 1.165) is 25.5 Å². The summed E-state index contributed by atoms with van der Waals surface area (Å²) in [5.41, 5.74) is 0. The van der Waals surface area contributed by atoms with Crippen LogP contribution in [0.5, 0.6) is 0 Å². The summed E-state index contributed by atoms with van der Waals surface area (Å²) >= 11 is 0. The largest absolute Gasteiger partial charge is 0.299 e. The van der Waals surface area contributed by atoms with E-state index in [1.54, 1.807) is 0 Å². The lowest BCUT2D eigenvalue weighted by atomic mass is 10.2. The Kier molecular flexibility index (Phi) is 7.15. The van der Waals surface area contributed by atoms with Gasteiger partial charge in [0.1, 0.15) is 6.29 Å². The van der Waals surface area contributed by atoms with Crippen molar-refractivity contribution in [3.63, 3.8) is 0 Å². The highest BCUT2D eigenvalue weighted by atomic mass is 16.1. The quantitative estimate of drug-likeness (QED) is 0.250. The SMILES string of the molecule is CC#CCCC/C=C/C=O. The van der Waals surface area contributed by atoms with Crippen molar-refractivity contribution in [2.75, 3.05) is 0 Å². The van der Waals surface area contributed by atoms with Crippen molar-refractivity contribution in [3.05, 3.63) is 12.2 Å². The Bertz CT molecular complexity index is 157. The molecule has 10 heavy (non-hydrogen) atoms. The Balaban J connectivity index is 3.09. The maximum Gasteiger partial charge on any atom is 0.142 e. The highest BCUT2D eigenvalue weighted by Gasteiger charge is 1.77. The molecule has 0 bridgehead atoms. The van der Waals surface area contributed by atoms with E-state index in [2.05, 4.69) is 11.8 Å². The molecule has 0 N–H and O–H groups in total. The smallest absolute Gasteiger partial charge is 0.142 e. The molecule has 0 aliphatic heterocycles. The minimum Gasteiger partial charge on any atom is -0.299 e. The van der Waals surface area contributed by atoms with Gasteiger partial charge in [0.25, 0.3) is 0 Å². The molecule has 0 saturated heterocycles. The minimum absolute atomic E-state index is 0.797. The zero-order chi connectivity index (χ0) is 7.66. The molecule has 1 heteroatoms. The Morgan fingerprint density at radius 2 is 2.30 bits per heavy atom. The average molecular weight is 136 g/mol. The fraction of sp³-hybridized carbons (Fsp3) is 0.444. The van der Waals surface area contributed by atoms with Crippen LogP contribution in [0.4, 0.5) is 0 Å². The second kappa shape index (κ2) is 7.97. The third-order valence-electron chi connectivity index (χ3n) is 1.06.